The lowest BCUT2D eigenvalue weighted by atomic mass is 10.1. The van der Waals surface area contributed by atoms with E-state index in [9.17, 15) is 24.8 Å². The molecule has 97 valence electrons. The molecule has 1 aromatic carbocycles. The minimum Gasteiger partial charge on any atom is -0.391 e. The van der Waals surface area contributed by atoms with E-state index in [2.05, 4.69) is 6.92 Å². The molecule has 19 heavy (non-hydrogen) atoms. The molecule has 1 heterocycles. The molecular formula is C12H9N2O5. The van der Waals surface area contributed by atoms with Crippen LogP contribution in [0.25, 0.3) is 0 Å². The third-order valence-corrected chi connectivity index (χ3v) is 2.67. The first-order valence-electron chi connectivity index (χ1n) is 5.26. The van der Waals surface area contributed by atoms with Gasteiger partial charge in [-0.1, -0.05) is 0 Å². The minimum atomic E-state index is -0.692. The third kappa shape index (κ3) is 2.11. The Morgan fingerprint density at radius 2 is 1.84 bits per heavy atom. The van der Waals surface area contributed by atoms with Gasteiger partial charge >= 0.3 is 0 Å². The van der Waals surface area contributed by atoms with Gasteiger partial charge in [-0.05, 0) is 18.6 Å². The molecule has 0 spiro atoms. The normalized spacial score (nSPS) is 14.3. The van der Waals surface area contributed by atoms with Gasteiger partial charge in [0.2, 0.25) is 0 Å². The molecular weight excluding hydrogens is 252 g/mol. The summed E-state index contributed by atoms with van der Waals surface area (Å²) in [5.74, 6) is -1.22. The van der Waals surface area contributed by atoms with E-state index in [1.165, 1.54) is 12.1 Å². The summed E-state index contributed by atoms with van der Waals surface area (Å²) >= 11 is 0. The Hall–Kier alpha value is -2.54. The molecule has 0 saturated carbocycles. The van der Waals surface area contributed by atoms with Crippen LogP contribution in [-0.2, 0) is 16.2 Å². The van der Waals surface area contributed by atoms with E-state index in [1.54, 1.807) is 0 Å². The van der Waals surface area contributed by atoms with Gasteiger partial charge in [0, 0.05) is 18.2 Å². The average Bonchev–Trinajstić information content (AvgIpc) is 2.67. The number of nitrogens with zero attached hydrogens (tertiary/aromatic N) is 2. The van der Waals surface area contributed by atoms with Crippen molar-refractivity contribution in [2.45, 2.75) is 6.61 Å². The summed E-state index contributed by atoms with van der Waals surface area (Å²) in [5.41, 5.74) is -0.214. The van der Waals surface area contributed by atoms with E-state index >= 15 is 0 Å². The van der Waals surface area contributed by atoms with Crippen molar-refractivity contribution >= 4 is 23.2 Å². The van der Waals surface area contributed by atoms with Crippen molar-refractivity contribution in [3.63, 3.8) is 0 Å². The number of nitro groups is 1. The molecule has 0 aliphatic carbocycles. The van der Waals surface area contributed by atoms with Gasteiger partial charge in [0.1, 0.15) is 0 Å². The highest BCUT2D eigenvalue weighted by atomic mass is 16.6. The second-order valence-electron chi connectivity index (χ2n) is 3.87. The van der Waals surface area contributed by atoms with Crippen LogP contribution in [0.5, 0.6) is 0 Å². The van der Waals surface area contributed by atoms with Crippen molar-refractivity contribution in [2.24, 2.45) is 0 Å². The van der Waals surface area contributed by atoms with Gasteiger partial charge in [-0.15, -0.1) is 0 Å². The van der Waals surface area contributed by atoms with E-state index < -0.39 is 23.3 Å². The van der Waals surface area contributed by atoms with Gasteiger partial charge in [-0.25, -0.2) is 4.90 Å². The molecule has 7 heteroatoms. The molecule has 0 saturated heterocycles. The summed E-state index contributed by atoms with van der Waals surface area (Å²) in [6.07, 6.45) is 2.12. The van der Waals surface area contributed by atoms with E-state index in [0.717, 1.165) is 17.1 Å². The largest absolute Gasteiger partial charge is 0.391 e. The molecule has 2 amide bonds. The maximum Gasteiger partial charge on any atom is 0.277 e. The van der Waals surface area contributed by atoms with Crippen molar-refractivity contribution in [3.8, 4) is 0 Å². The number of amides is 2. The molecule has 1 aromatic rings. The molecule has 0 aromatic heterocycles. The van der Waals surface area contributed by atoms with Crippen LogP contribution in [0.4, 0.5) is 11.4 Å². The van der Waals surface area contributed by atoms with Gasteiger partial charge < -0.3 is 5.11 Å². The third-order valence-electron chi connectivity index (χ3n) is 2.67. The average molecular weight is 261 g/mol. The lowest BCUT2D eigenvalue weighted by Gasteiger charge is -2.17. The fraction of sp³-hybridized carbons (Fsp3) is 0.0833. The molecule has 0 bridgehead atoms. The first-order chi connectivity index (χ1) is 8.95. The summed E-state index contributed by atoms with van der Waals surface area (Å²) in [4.78, 5) is 34.2. The first kappa shape index (κ1) is 12.9. The molecule has 7 nitrogen and oxygen atoms in total. The summed E-state index contributed by atoms with van der Waals surface area (Å²) in [6, 6.07) is 2.52. The maximum absolute atomic E-state index is 11.6. The van der Waals surface area contributed by atoms with Gasteiger partial charge in [-0.3, -0.25) is 19.7 Å². The Morgan fingerprint density at radius 1 is 1.26 bits per heavy atom. The fourth-order valence-corrected chi connectivity index (χ4v) is 1.86. The molecule has 0 atom stereocenters. The van der Waals surface area contributed by atoms with Crippen molar-refractivity contribution in [1.82, 2.24) is 0 Å². The van der Waals surface area contributed by atoms with Crippen LogP contribution in [0.15, 0.2) is 24.3 Å². The summed E-state index contributed by atoms with van der Waals surface area (Å²) in [5, 5.41) is 20.2. The monoisotopic (exact) mass is 261 g/mol. The fourth-order valence-electron chi connectivity index (χ4n) is 1.86. The van der Waals surface area contributed by atoms with Crippen LogP contribution in [0.2, 0.25) is 0 Å². The molecule has 0 unspecified atom stereocenters. The molecule has 1 N–H and O–H groups in total. The molecule has 0 fully saturated rings. The second kappa shape index (κ2) is 4.62. The van der Waals surface area contributed by atoms with Gasteiger partial charge in [-0.2, -0.15) is 0 Å². The zero-order chi connectivity index (χ0) is 14.2. The highest BCUT2D eigenvalue weighted by Crippen LogP contribution is 2.32. The van der Waals surface area contributed by atoms with Crippen LogP contribution in [0, 0.1) is 17.0 Å². The topological polar surface area (TPSA) is 101 Å². The van der Waals surface area contributed by atoms with Gasteiger partial charge in [0.25, 0.3) is 17.5 Å². The van der Waals surface area contributed by atoms with Crippen LogP contribution in [-0.4, -0.2) is 21.8 Å². The Labute approximate surface area is 107 Å². The molecule has 2 rings (SSSR count). The highest BCUT2D eigenvalue weighted by molar-refractivity contribution is 6.28. The number of benzene rings is 1. The van der Waals surface area contributed by atoms with E-state index in [-0.39, 0.29) is 22.5 Å². The number of aliphatic hydroxyl groups excluding tert-OH is 1. The Balaban J connectivity index is 2.66. The molecule has 1 radical (unpaired) electrons. The van der Waals surface area contributed by atoms with E-state index in [0.29, 0.717) is 0 Å². The first-order valence-corrected chi connectivity index (χ1v) is 5.26. The van der Waals surface area contributed by atoms with Crippen molar-refractivity contribution in [3.05, 3.63) is 52.4 Å². The number of hydrogen-bond donors (Lipinski definition) is 1. The van der Waals surface area contributed by atoms with E-state index in [1.807, 2.05) is 0 Å². The van der Waals surface area contributed by atoms with Crippen LogP contribution in [0.3, 0.4) is 0 Å². The summed E-state index contributed by atoms with van der Waals surface area (Å²) in [6.45, 7) is 2.90. The zero-order valence-corrected chi connectivity index (χ0v) is 9.70. The predicted octanol–water partition coefficient (Wildman–Crippen LogP) is 0.699. The number of rotatable bonds is 3. The van der Waals surface area contributed by atoms with Crippen molar-refractivity contribution in [1.29, 1.82) is 0 Å². The second-order valence-corrected chi connectivity index (χ2v) is 3.87. The summed E-state index contributed by atoms with van der Waals surface area (Å²) in [7, 11) is 0. The number of carbonyl (C=O) groups excluding carboxylic acids is 2. The predicted molar refractivity (Wildman–Crippen MR) is 65.1 cm³/mol. The smallest absolute Gasteiger partial charge is 0.277 e. The van der Waals surface area contributed by atoms with Gasteiger partial charge in [0.15, 0.2) is 0 Å². The SMILES string of the molecule is [CH2]c1cc(N2C(=O)C=CC2=O)c(CO)c([N+](=O)[O-])c1. The van der Waals surface area contributed by atoms with Crippen LogP contribution in [0.1, 0.15) is 11.1 Å². The number of nitro benzene ring substituents is 1. The standard InChI is InChI=1S/C12H9N2O5/c1-7-4-9(13-11(16)2-3-12(13)17)8(6-15)10(5-7)14(18)19/h2-5,15H,1,6H2. The molecule has 1 aliphatic rings. The zero-order valence-electron chi connectivity index (χ0n) is 9.70. The number of anilines is 1. The molecule has 1 aliphatic heterocycles. The maximum atomic E-state index is 11.6. The lowest BCUT2D eigenvalue weighted by molar-refractivity contribution is -0.385. The van der Waals surface area contributed by atoms with Crippen molar-refractivity contribution < 1.29 is 19.6 Å². The highest BCUT2D eigenvalue weighted by Gasteiger charge is 2.30. The number of aliphatic hydroxyl groups is 1. The number of imide groups is 1. The van der Waals surface area contributed by atoms with E-state index in [4.69, 9.17) is 0 Å². The van der Waals surface area contributed by atoms with Crippen LogP contribution < -0.4 is 4.90 Å². The number of hydrogen-bond acceptors (Lipinski definition) is 5. The Kier molecular flexibility index (Phi) is 3.14. The summed E-state index contributed by atoms with van der Waals surface area (Å²) < 4.78 is 0. The van der Waals surface area contributed by atoms with Gasteiger partial charge in [0.05, 0.1) is 22.8 Å². The quantitative estimate of drug-likeness (QED) is 0.490. The Morgan fingerprint density at radius 3 is 2.32 bits per heavy atom. The van der Waals surface area contributed by atoms with Crippen molar-refractivity contribution in [2.75, 3.05) is 4.90 Å². The lowest BCUT2D eigenvalue weighted by Crippen LogP contribution is -2.30. The Bertz CT molecular complexity index is 603. The minimum absolute atomic E-state index is 0.0123. The van der Waals surface area contributed by atoms with Crippen LogP contribution >= 0.6 is 0 Å². The number of carbonyl (C=O) groups is 2.